The molecule has 0 N–H and O–H groups in total. The largest absolute Gasteiger partial charge is 0.534 e. The lowest BCUT2D eigenvalue weighted by Crippen LogP contribution is -2.28. The molecule has 0 spiro atoms. The zero-order chi connectivity index (χ0) is 16.5. The molecule has 1 aliphatic rings. The van der Waals surface area contributed by atoms with E-state index in [2.05, 4.69) is 8.92 Å². The van der Waals surface area contributed by atoms with Crippen LogP contribution in [-0.4, -0.2) is 27.0 Å². The molecule has 0 aromatic heterocycles. The van der Waals surface area contributed by atoms with Crippen molar-refractivity contribution in [2.24, 2.45) is 5.92 Å². The van der Waals surface area contributed by atoms with Crippen molar-refractivity contribution in [1.29, 1.82) is 0 Å². The Kier molecular flexibility index (Phi) is 4.37. The van der Waals surface area contributed by atoms with E-state index in [0.29, 0.717) is 18.4 Å². The van der Waals surface area contributed by atoms with Crippen molar-refractivity contribution in [3.8, 4) is 5.75 Å². The molecule has 0 heterocycles. The molecule has 0 radical (unpaired) electrons. The molecule has 9 heteroatoms. The number of alkyl halides is 3. The van der Waals surface area contributed by atoms with Gasteiger partial charge in [0, 0.05) is 0 Å². The van der Waals surface area contributed by atoms with E-state index in [1.807, 2.05) is 0 Å². The summed E-state index contributed by atoms with van der Waals surface area (Å²) in [6, 6.07) is 3.89. The Balaban J connectivity index is 2.24. The predicted molar refractivity (Wildman–Crippen MR) is 69.6 cm³/mol. The third-order valence-corrected chi connectivity index (χ3v) is 4.41. The van der Waals surface area contributed by atoms with Gasteiger partial charge in [0.15, 0.2) is 0 Å². The van der Waals surface area contributed by atoms with Crippen molar-refractivity contribution in [2.75, 3.05) is 7.11 Å². The van der Waals surface area contributed by atoms with E-state index in [-0.39, 0.29) is 6.42 Å². The second-order valence-electron chi connectivity index (χ2n) is 4.88. The molecule has 0 saturated carbocycles. The van der Waals surface area contributed by atoms with E-state index < -0.39 is 33.3 Å². The van der Waals surface area contributed by atoms with Gasteiger partial charge in [-0.2, -0.15) is 21.6 Å². The van der Waals surface area contributed by atoms with Crippen LogP contribution in [0.3, 0.4) is 0 Å². The number of hydrogen-bond donors (Lipinski definition) is 0. The number of rotatable bonds is 3. The Morgan fingerprint density at radius 3 is 2.55 bits per heavy atom. The topological polar surface area (TPSA) is 69.7 Å². The highest BCUT2D eigenvalue weighted by Gasteiger charge is 2.48. The van der Waals surface area contributed by atoms with Crippen LogP contribution in [0.2, 0.25) is 0 Å². The number of benzene rings is 1. The van der Waals surface area contributed by atoms with Crippen LogP contribution >= 0.6 is 0 Å². The van der Waals surface area contributed by atoms with Crippen LogP contribution in [0.25, 0.3) is 0 Å². The minimum atomic E-state index is -5.70. The number of fused-ring (bicyclic) bond motifs is 1. The van der Waals surface area contributed by atoms with Gasteiger partial charge in [-0.15, -0.1) is 0 Å². The Bertz CT molecular complexity index is 681. The molecule has 1 aromatic carbocycles. The first-order valence-electron chi connectivity index (χ1n) is 6.34. The molecule has 0 amide bonds. The smallest absolute Gasteiger partial charge is 0.469 e. The lowest BCUT2D eigenvalue weighted by molar-refractivity contribution is -0.145. The maximum atomic E-state index is 12.3. The lowest BCUT2D eigenvalue weighted by atomic mass is 9.84. The molecule has 22 heavy (non-hydrogen) atoms. The lowest BCUT2D eigenvalue weighted by Gasteiger charge is -2.23. The van der Waals surface area contributed by atoms with E-state index in [4.69, 9.17) is 0 Å². The van der Waals surface area contributed by atoms with Gasteiger partial charge in [0.2, 0.25) is 0 Å². The van der Waals surface area contributed by atoms with Crippen LogP contribution in [0.1, 0.15) is 17.5 Å². The van der Waals surface area contributed by atoms with Gasteiger partial charge in [-0.05, 0) is 42.5 Å². The fraction of sp³-hybridized carbons (Fsp3) is 0.462. The first-order valence-corrected chi connectivity index (χ1v) is 7.75. The summed E-state index contributed by atoms with van der Waals surface area (Å²) in [6.07, 6.45) is 1.40. The molecule has 0 aliphatic heterocycles. The van der Waals surface area contributed by atoms with E-state index in [9.17, 15) is 26.4 Å². The number of hydrogen-bond acceptors (Lipinski definition) is 5. The molecule has 0 saturated heterocycles. The van der Waals surface area contributed by atoms with Gasteiger partial charge >= 0.3 is 21.6 Å². The van der Waals surface area contributed by atoms with Gasteiger partial charge in [-0.3, -0.25) is 4.79 Å². The summed E-state index contributed by atoms with van der Waals surface area (Å²) in [5.74, 6) is -1.23. The fourth-order valence-electron chi connectivity index (χ4n) is 2.33. The summed E-state index contributed by atoms with van der Waals surface area (Å²) in [6.45, 7) is 0. The van der Waals surface area contributed by atoms with Gasteiger partial charge < -0.3 is 8.92 Å². The molecule has 0 bridgehead atoms. The SMILES string of the molecule is COC(=O)C1CCc2ccc(OS(=O)(=O)C(F)(F)F)cc2C1. The van der Waals surface area contributed by atoms with E-state index in [0.717, 1.165) is 5.56 Å². The molecule has 1 atom stereocenters. The van der Waals surface area contributed by atoms with Crippen molar-refractivity contribution < 1.29 is 35.3 Å². The summed E-state index contributed by atoms with van der Waals surface area (Å²) in [7, 11) is -4.45. The Labute approximate surface area is 125 Å². The van der Waals surface area contributed by atoms with E-state index >= 15 is 0 Å². The molecule has 1 aliphatic carbocycles. The van der Waals surface area contributed by atoms with Crippen LogP contribution < -0.4 is 4.18 Å². The zero-order valence-electron chi connectivity index (χ0n) is 11.5. The molecule has 122 valence electrons. The second-order valence-corrected chi connectivity index (χ2v) is 6.41. The highest BCUT2D eigenvalue weighted by Crippen LogP contribution is 2.32. The number of aryl methyl sites for hydroxylation is 1. The molecular weight excluding hydrogens is 325 g/mol. The number of carbonyl (C=O) groups is 1. The van der Waals surface area contributed by atoms with Crippen molar-refractivity contribution in [1.82, 2.24) is 0 Å². The Morgan fingerprint density at radius 2 is 1.95 bits per heavy atom. The number of ether oxygens (including phenoxy) is 1. The first-order chi connectivity index (χ1) is 10.1. The number of halogens is 3. The maximum absolute atomic E-state index is 12.3. The average molecular weight is 338 g/mol. The number of methoxy groups -OCH3 is 1. The van der Waals surface area contributed by atoms with Gasteiger partial charge in [0.05, 0.1) is 13.0 Å². The summed E-state index contributed by atoms with van der Waals surface area (Å²) in [5.41, 5.74) is -4.06. The van der Waals surface area contributed by atoms with E-state index in [1.54, 1.807) is 0 Å². The molecule has 2 rings (SSSR count). The predicted octanol–water partition coefficient (Wildman–Crippen LogP) is 2.19. The van der Waals surface area contributed by atoms with Gasteiger partial charge in [0.25, 0.3) is 0 Å². The van der Waals surface area contributed by atoms with Crippen molar-refractivity contribution >= 4 is 16.1 Å². The van der Waals surface area contributed by atoms with Crippen LogP contribution in [0.15, 0.2) is 18.2 Å². The first kappa shape index (κ1) is 16.6. The van der Waals surface area contributed by atoms with Gasteiger partial charge in [-0.1, -0.05) is 6.07 Å². The average Bonchev–Trinajstić information content (AvgIpc) is 2.44. The number of esters is 1. The van der Waals surface area contributed by atoms with Crippen molar-refractivity contribution in [3.05, 3.63) is 29.3 Å². The molecule has 0 fully saturated rings. The fourth-order valence-corrected chi connectivity index (χ4v) is 2.78. The third kappa shape index (κ3) is 3.34. The maximum Gasteiger partial charge on any atom is 0.534 e. The Morgan fingerprint density at radius 1 is 1.27 bits per heavy atom. The highest BCUT2D eigenvalue weighted by molar-refractivity contribution is 7.88. The van der Waals surface area contributed by atoms with Crippen LogP contribution in [0, 0.1) is 5.92 Å². The molecular formula is C13H13F3O5S. The monoisotopic (exact) mass is 338 g/mol. The third-order valence-electron chi connectivity index (χ3n) is 3.43. The van der Waals surface area contributed by atoms with Crippen molar-refractivity contribution in [3.63, 3.8) is 0 Å². The summed E-state index contributed by atoms with van der Waals surface area (Å²) in [4.78, 5) is 11.5. The van der Waals surface area contributed by atoms with Gasteiger partial charge in [-0.25, -0.2) is 0 Å². The number of carbonyl (C=O) groups excluding carboxylic acids is 1. The minimum Gasteiger partial charge on any atom is -0.469 e. The molecule has 5 nitrogen and oxygen atoms in total. The summed E-state index contributed by atoms with van der Waals surface area (Å²) >= 11 is 0. The normalized spacial score (nSPS) is 18.5. The molecule has 1 aromatic rings. The van der Waals surface area contributed by atoms with Crippen LogP contribution in [0.4, 0.5) is 13.2 Å². The Hall–Kier alpha value is -1.77. The summed E-state index contributed by atoms with van der Waals surface area (Å²) < 4.78 is 67.6. The highest BCUT2D eigenvalue weighted by atomic mass is 32.2. The summed E-state index contributed by atoms with van der Waals surface area (Å²) in [5, 5.41) is 0. The second kappa shape index (κ2) is 5.79. The minimum absolute atomic E-state index is 0.269. The van der Waals surface area contributed by atoms with Crippen LogP contribution in [0.5, 0.6) is 5.75 Å². The van der Waals surface area contributed by atoms with Crippen LogP contribution in [-0.2, 0) is 32.5 Å². The zero-order valence-corrected chi connectivity index (χ0v) is 12.3. The molecule has 1 unspecified atom stereocenters. The van der Waals surface area contributed by atoms with E-state index in [1.165, 1.54) is 25.3 Å². The van der Waals surface area contributed by atoms with Gasteiger partial charge in [0.1, 0.15) is 5.75 Å². The quantitative estimate of drug-likeness (QED) is 0.480. The standard InChI is InChI=1S/C13H13F3O5S/c1-20-12(17)9-3-2-8-4-5-11(7-10(8)6-9)21-22(18,19)13(14,15)16/h4-5,7,9H,2-3,6H2,1H3. The van der Waals surface area contributed by atoms with Crippen molar-refractivity contribution in [2.45, 2.75) is 24.8 Å².